The smallest absolute Gasteiger partial charge is 0.258 e. The maximum atomic E-state index is 12.3. The molecule has 5 nitrogen and oxygen atoms in total. The largest absolute Gasteiger partial charge is 0.316 e. The van der Waals surface area contributed by atoms with E-state index in [0.717, 1.165) is 16.4 Å². The van der Waals surface area contributed by atoms with E-state index in [1.54, 1.807) is 17.8 Å². The Morgan fingerprint density at radius 1 is 1.07 bits per heavy atom. The summed E-state index contributed by atoms with van der Waals surface area (Å²) in [6.45, 7) is 0. The molecule has 2 aromatic heterocycles. The fourth-order valence-corrected chi connectivity index (χ4v) is 4.21. The van der Waals surface area contributed by atoms with E-state index >= 15 is 0 Å². The van der Waals surface area contributed by atoms with Crippen molar-refractivity contribution in [2.24, 2.45) is 0 Å². The quantitative estimate of drug-likeness (QED) is 0.526. The van der Waals surface area contributed by atoms with Gasteiger partial charge in [-0.15, -0.1) is 0 Å². The Morgan fingerprint density at radius 2 is 1.85 bits per heavy atom. The minimum atomic E-state index is -0.0910. The first-order valence-corrected chi connectivity index (χ1v) is 10.0. The summed E-state index contributed by atoms with van der Waals surface area (Å²) in [5, 5.41) is 1.60. The summed E-state index contributed by atoms with van der Waals surface area (Å²) in [6.07, 6.45) is 4.33. The average molecular weight is 374 g/mol. The van der Waals surface area contributed by atoms with Crippen molar-refractivity contribution in [3.05, 3.63) is 77.0 Å². The molecule has 1 aliphatic rings. The molecular weight excluding hydrogens is 356 g/mol. The molecule has 27 heavy (non-hydrogen) atoms. The van der Waals surface area contributed by atoms with Crippen LogP contribution in [0.3, 0.4) is 0 Å². The molecule has 0 saturated heterocycles. The van der Waals surface area contributed by atoms with E-state index < -0.39 is 0 Å². The number of H-pyrrole nitrogens is 1. The van der Waals surface area contributed by atoms with Gasteiger partial charge in [-0.05, 0) is 30.5 Å². The lowest BCUT2D eigenvalue weighted by molar-refractivity contribution is 0.669. The maximum Gasteiger partial charge on any atom is 0.258 e. The summed E-state index contributed by atoms with van der Waals surface area (Å²) < 4.78 is 2.33. The minimum absolute atomic E-state index is 0.0910. The molecule has 0 aliphatic heterocycles. The molecule has 0 unspecified atom stereocenters. The SMILES string of the molecule is O=c1[nH]c(CSc2ncc(-c3ccccc3)n2C2CC2)nc2ccccc12. The highest BCUT2D eigenvalue weighted by atomic mass is 32.2. The van der Waals surface area contributed by atoms with E-state index in [-0.39, 0.29) is 5.56 Å². The molecule has 2 aromatic carbocycles. The molecule has 134 valence electrons. The number of para-hydroxylation sites is 1. The van der Waals surface area contributed by atoms with Gasteiger partial charge in [0.05, 0.1) is 28.5 Å². The molecule has 0 spiro atoms. The molecule has 1 fully saturated rings. The Kier molecular flexibility index (Phi) is 4.05. The van der Waals surface area contributed by atoms with Gasteiger partial charge >= 0.3 is 0 Å². The third-order valence-corrected chi connectivity index (χ3v) is 5.72. The highest BCUT2D eigenvalue weighted by molar-refractivity contribution is 7.98. The van der Waals surface area contributed by atoms with Gasteiger partial charge in [-0.25, -0.2) is 9.97 Å². The van der Waals surface area contributed by atoms with Crippen molar-refractivity contribution < 1.29 is 0 Å². The van der Waals surface area contributed by atoms with Crippen LogP contribution in [0.5, 0.6) is 0 Å². The van der Waals surface area contributed by atoms with Gasteiger partial charge in [-0.1, -0.05) is 54.2 Å². The van der Waals surface area contributed by atoms with Crippen LogP contribution < -0.4 is 5.56 Å². The molecule has 1 N–H and O–H groups in total. The van der Waals surface area contributed by atoms with Crippen LogP contribution in [0.4, 0.5) is 0 Å². The number of rotatable bonds is 5. The number of fused-ring (bicyclic) bond motifs is 1. The van der Waals surface area contributed by atoms with Gasteiger partial charge in [0, 0.05) is 6.04 Å². The van der Waals surface area contributed by atoms with Crippen molar-refractivity contribution in [1.82, 2.24) is 19.5 Å². The Hall–Kier alpha value is -2.86. The average Bonchev–Trinajstić information content (AvgIpc) is 3.46. The van der Waals surface area contributed by atoms with Crippen LogP contribution in [0.15, 0.2) is 70.7 Å². The summed E-state index contributed by atoms with van der Waals surface area (Å²) in [5.74, 6) is 1.26. The lowest BCUT2D eigenvalue weighted by Gasteiger charge is -2.10. The van der Waals surface area contributed by atoms with Gasteiger partial charge in [0.2, 0.25) is 0 Å². The Labute approximate surface area is 160 Å². The Bertz CT molecular complexity index is 1160. The molecule has 1 saturated carbocycles. The molecule has 0 bridgehead atoms. The van der Waals surface area contributed by atoms with Crippen LogP contribution in [0.1, 0.15) is 24.7 Å². The van der Waals surface area contributed by atoms with Crippen LogP contribution in [0, 0.1) is 0 Å². The second-order valence-corrected chi connectivity index (χ2v) is 7.65. The maximum absolute atomic E-state index is 12.3. The predicted octanol–water partition coefficient (Wildman–Crippen LogP) is 4.41. The number of thioether (sulfide) groups is 1. The van der Waals surface area contributed by atoms with Gasteiger partial charge < -0.3 is 9.55 Å². The Balaban J connectivity index is 1.45. The van der Waals surface area contributed by atoms with Crippen molar-refractivity contribution in [1.29, 1.82) is 0 Å². The van der Waals surface area contributed by atoms with Gasteiger partial charge in [-0.3, -0.25) is 4.79 Å². The molecule has 5 rings (SSSR count). The molecule has 1 aliphatic carbocycles. The second kappa shape index (κ2) is 6.70. The first kappa shape index (κ1) is 16.3. The third-order valence-electron chi connectivity index (χ3n) is 4.74. The zero-order valence-corrected chi connectivity index (χ0v) is 15.4. The highest BCUT2D eigenvalue weighted by Gasteiger charge is 2.29. The van der Waals surface area contributed by atoms with E-state index in [0.29, 0.717) is 23.0 Å². The molecule has 4 aromatic rings. The predicted molar refractivity (Wildman–Crippen MR) is 108 cm³/mol. The van der Waals surface area contributed by atoms with E-state index in [4.69, 9.17) is 0 Å². The first-order chi connectivity index (χ1) is 13.3. The lowest BCUT2D eigenvalue weighted by Crippen LogP contribution is -2.11. The van der Waals surface area contributed by atoms with Gasteiger partial charge in [-0.2, -0.15) is 0 Å². The molecule has 2 heterocycles. The fourth-order valence-electron chi connectivity index (χ4n) is 3.29. The summed E-state index contributed by atoms with van der Waals surface area (Å²) in [6, 6.07) is 18.3. The molecule has 6 heteroatoms. The highest BCUT2D eigenvalue weighted by Crippen LogP contribution is 2.42. The number of hydrogen-bond acceptors (Lipinski definition) is 4. The van der Waals surface area contributed by atoms with Gasteiger partial charge in [0.15, 0.2) is 5.16 Å². The van der Waals surface area contributed by atoms with Crippen molar-refractivity contribution >= 4 is 22.7 Å². The van der Waals surface area contributed by atoms with E-state index in [9.17, 15) is 4.79 Å². The van der Waals surface area contributed by atoms with Crippen molar-refractivity contribution in [2.45, 2.75) is 29.8 Å². The standard InChI is InChI=1S/C21H18N4OS/c26-20-16-8-4-5-9-17(16)23-19(24-20)13-27-21-22-12-18(25(21)15-10-11-15)14-6-2-1-3-7-14/h1-9,12,15H,10-11,13H2,(H,23,24,26). The second-order valence-electron chi connectivity index (χ2n) is 6.71. The minimum Gasteiger partial charge on any atom is -0.316 e. The van der Waals surface area contributed by atoms with Gasteiger partial charge in [0.25, 0.3) is 5.56 Å². The third kappa shape index (κ3) is 3.17. The van der Waals surface area contributed by atoms with E-state index in [2.05, 4.69) is 43.8 Å². The van der Waals surface area contributed by atoms with E-state index in [1.165, 1.54) is 18.4 Å². The summed E-state index contributed by atoms with van der Waals surface area (Å²) in [7, 11) is 0. The van der Waals surface area contributed by atoms with E-state index in [1.807, 2.05) is 30.5 Å². The van der Waals surface area contributed by atoms with Crippen molar-refractivity contribution in [3.63, 3.8) is 0 Å². The monoisotopic (exact) mass is 374 g/mol. The number of nitrogens with zero attached hydrogens (tertiary/aromatic N) is 3. The molecular formula is C21H18N4OS. The summed E-state index contributed by atoms with van der Waals surface area (Å²) >= 11 is 1.62. The first-order valence-electron chi connectivity index (χ1n) is 9.03. The number of nitrogens with one attached hydrogen (secondary N) is 1. The lowest BCUT2D eigenvalue weighted by atomic mass is 10.2. The molecule has 0 amide bonds. The molecule has 0 atom stereocenters. The van der Waals surface area contributed by atoms with Crippen LogP contribution in [-0.4, -0.2) is 19.5 Å². The molecule has 0 radical (unpaired) electrons. The van der Waals surface area contributed by atoms with Gasteiger partial charge in [0.1, 0.15) is 5.82 Å². The van der Waals surface area contributed by atoms with Crippen LogP contribution >= 0.6 is 11.8 Å². The van der Waals surface area contributed by atoms with Crippen molar-refractivity contribution in [2.75, 3.05) is 0 Å². The topological polar surface area (TPSA) is 63.6 Å². The zero-order valence-electron chi connectivity index (χ0n) is 14.6. The number of benzene rings is 2. The fraction of sp³-hybridized carbons (Fsp3) is 0.190. The summed E-state index contributed by atoms with van der Waals surface area (Å²) in [4.78, 5) is 24.4. The van der Waals surface area contributed by atoms with Crippen LogP contribution in [0.25, 0.3) is 22.2 Å². The number of hydrogen-bond donors (Lipinski definition) is 1. The summed E-state index contributed by atoms with van der Waals surface area (Å²) in [5.41, 5.74) is 2.97. The van der Waals surface area contributed by atoms with Crippen LogP contribution in [0.2, 0.25) is 0 Å². The Morgan fingerprint density at radius 3 is 2.67 bits per heavy atom. The van der Waals surface area contributed by atoms with Crippen LogP contribution in [-0.2, 0) is 5.75 Å². The normalized spacial score (nSPS) is 13.9. The number of imidazole rings is 1. The van der Waals surface area contributed by atoms with Crippen molar-refractivity contribution in [3.8, 4) is 11.3 Å². The number of aromatic amines is 1. The zero-order chi connectivity index (χ0) is 18.2. The number of aromatic nitrogens is 4.